The molecule has 0 radical (unpaired) electrons. The maximum absolute atomic E-state index is 12.8. The molecule has 0 fully saturated rings. The van der Waals surface area contributed by atoms with Crippen molar-refractivity contribution in [3.63, 3.8) is 0 Å². The van der Waals surface area contributed by atoms with Gasteiger partial charge in [0.05, 0.1) is 0 Å². The van der Waals surface area contributed by atoms with Gasteiger partial charge >= 0.3 is 0 Å². The van der Waals surface area contributed by atoms with Crippen molar-refractivity contribution in [2.75, 3.05) is 7.05 Å². The van der Waals surface area contributed by atoms with E-state index in [2.05, 4.69) is 28.7 Å². The Morgan fingerprint density at radius 3 is 2.72 bits per heavy atom. The van der Waals surface area contributed by atoms with E-state index in [0.29, 0.717) is 17.1 Å². The molecule has 0 aliphatic carbocycles. The Kier molecular flexibility index (Phi) is 5.46. The number of carbonyl (C=O) groups is 1. The molecule has 25 heavy (non-hydrogen) atoms. The predicted octanol–water partition coefficient (Wildman–Crippen LogP) is 4.64. The lowest BCUT2D eigenvalue weighted by Gasteiger charge is -2.25. The first kappa shape index (κ1) is 17.2. The van der Waals surface area contributed by atoms with Gasteiger partial charge < -0.3 is 9.64 Å². The Balaban J connectivity index is 1.70. The van der Waals surface area contributed by atoms with Crippen LogP contribution in [0.2, 0.25) is 0 Å². The number of likely N-dealkylation sites (N-methyl/N-ethyl adjacent to an activating group) is 1. The summed E-state index contributed by atoms with van der Waals surface area (Å²) in [6.45, 7) is 2.06. The molecule has 0 aliphatic heterocycles. The van der Waals surface area contributed by atoms with Gasteiger partial charge in [0.25, 0.3) is 5.91 Å². The fraction of sp³-hybridized carbons (Fsp3) is 0.200. The zero-order valence-electron chi connectivity index (χ0n) is 14.3. The highest BCUT2D eigenvalue weighted by atomic mass is 32.1. The number of amides is 1. The normalized spacial score (nSPS) is 11.8. The summed E-state index contributed by atoms with van der Waals surface area (Å²) >= 11 is 1.68. The van der Waals surface area contributed by atoms with E-state index in [4.69, 9.17) is 4.74 Å². The van der Waals surface area contributed by atoms with Crippen LogP contribution in [0.5, 0.6) is 11.5 Å². The quantitative estimate of drug-likeness (QED) is 0.649. The van der Waals surface area contributed by atoms with Crippen LogP contribution in [-0.2, 0) is 6.42 Å². The largest absolute Gasteiger partial charge is 0.457 e. The molecule has 0 saturated carbocycles. The first-order valence-corrected chi connectivity index (χ1v) is 9.04. The fourth-order valence-corrected chi connectivity index (χ4v) is 3.21. The van der Waals surface area contributed by atoms with Crippen LogP contribution in [0.1, 0.15) is 22.8 Å². The minimum atomic E-state index is -0.0112. The number of rotatable bonds is 6. The average molecular weight is 352 g/mol. The second kappa shape index (κ2) is 7.94. The third-order valence-electron chi connectivity index (χ3n) is 4.06. The third-order valence-corrected chi connectivity index (χ3v) is 4.79. The average Bonchev–Trinajstić information content (AvgIpc) is 3.14. The van der Waals surface area contributed by atoms with Gasteiger partial charge in [0.1, 0.15) is 11.5 Å². The zero-order chi connectivity index (χ0) is 17.6. The number of nitrogens with zero attached hydrogens (tertiary/aromatic N) is 2. The van der Waals surface area contributed by atoms with E-state index in [-0.39, 0.29) is 11.9 Å². The van der Waals surface area contributed by atoms with Crippen LogP contribution in [0, 0.1) is 0 Å². The molecular formula is C20H20N2O2S. The smallest absolute Gasteiger partial charge is 0.253 e. The lowest BCUT2D eigenvalue weighted by molar-refractivity contribution is 0.0743. The summed E-state index contributed by atoms with van der Waals surface area (Å²) in [5.41, 5.74) is 1.87. The molecule has 4 nitrogen and oxygen atoms in total. The van der Waals surface area contributed by atoms with E-state index in [0.717, 1.165) is 6.42 Å². The summed E-state index contributed by atoms with van der Waals surface area (Å²) in [7, 11) is 1.84. The Bertz CT molecular complexity index is 819. The molecule has 2 heterocycles. The van der Waals surface area contributed by atoms with E-state index in [1.807, 2.05) is 25.2 Å². The highest BCUT2D eigenvalue weighted by Crippen LogP contribution is 2.22. The molecule has 0 spiro atoms. The van der Waals surface area contributed by atoms with Crippen molar-refractivity contribution in [2.24, 2.45) is 0 Å². The van der Waals surface area contributed by atoms with Crippen LogP contribution in [-0.4, -0.2) is 28.9 Å². The molecule has 1 unspecified atom stereocenters. The molecule has 0 bridgehead atoms. The summed E-state index contributed by atoms with van der Waals surface area (Å²) in [5.74, 6) is 1.32. The second-order valence-electron chi connectivity index (χ2n) is 5.91. The monoisotopic (exact) mass is 352 g/mol. The first-order valence-electron chi connectivity index (χ1n) is 8.09. The van der Waals surface area contributed by atoms with Crippen LogP contribution < -0.4 is 4.74 Å². The molecule has 1 aromatic carbocycles. The van der Waals surface area contributed by atoms with Gasteiger partial charge in [-0.25, -0.2) is 0 Å². The highest BCUT2D eigenvalue weighted by molar-refractivity contribution is 7.07. The van der Waals surface area contributed by atoms with Gasteiger partial charge in [0.15, 0.2) is 0 Å². The van der Waals surface area contributed by atoms with E-state index >= 15 is 0 Å². The molecule has 3 aromatic rings. The topological polar surface area (TPSA) is 42.4 Å². The third kappa shape index (κ3) is 4.45. The minimum absolute atomic E-state index is 0.0112. The molecule has 0 N–H and O–H groups in total. The van der Waals surface area contributed by atoms with Crippen LogP contribution in [0.15, 0.2) is 65.6 Å². The molecule has 3 rings (SSSR count). The first-order chi connectivity index (χ1) is 12.1. The molecule has 1 amide bonds. The van der Waals surface area contributed by atoms with Gasteiger partial charge in [0, 0.05) is 31.0 Å². The zero-order valence-corrected chi connectivity index (χ0v) is 15.1. The van der Waals surface area contributed by atoms with E-state index in [9.17, 15) is 4.79 Å². The summed E-state index contributed by atoms with van der Waals surface area (Å²) < 4.78 is 5.79. The van der Waals surface area contributed by atoms with Crippen LogP contribution in [0.3, 0.4) is 0 Å². The van der Waals surface area contributed by atoms with Crippen molar-refractivity contribution in [2.45, 2.75) is 19.4 Å². The maximum Gasteiger partial charge on any atom is 0.253 e. The lowest BCUT2D eigenvalue weighted by atomic mass is 10.1. The predicted molar refractivity (Wildman–Crippen MR) is 100 cm³/mol. The van der Waals surface area contributed by atoms with E-state index in [1.54, 1.807) is 46.8 Å². The van der Waals surface area contributed by atoms with E-state index in [1.165, 1.54) is 5.56 Å². The number of thiophene rings is 1. The van der Waals surface area contributed by atoms with Crippen molar-refractivity contribution in [3.8, 4) is 11.5 Å². The summed E-state index contributed by atoms with van der Waals surface area (Å²) in [6, 6.07) is 13.0. The number of ether oxygens (including phenoxy) is 1. The Hall–Kier alpha value is -2.66. The molecule has 128 valence electrons. The van der Waals surface area contributed by atoms with Gasteiger partial charge in [-0.1, -0.05) is 6.07 Å². The minimum Gasteiger partial charge on any atom is -0.457 e. The number of benzene rings is 1. The summed E-state index contributed by atoms with van der Waals surface area (Å²) in [6.07, 6.45) is 4.19. The van der Waals surface area contributed by atoms with E-state index < -0.39 is 0 Å². The van der Waals surface area contributed by atoms with Crippen molar-refractivity contribution in [3.05, 3.63) is 76.7 Å². The molecule has 0 saturated heterocycles. The number of aromatic nitrogens is 1. The van der Waals surface area contributed by atoms with Gasteiger partial charge in [-0.15, -0.1) is 0 Å². The molecule has 0 aliphatic rings. The van der Waals surface area contributed by atoms with Gasteiger partial charge in [0.2, 0.25) is 0 Å². The second-order valence-corrected chi connectivity index (χ2v) is 6.69. The number of hydrogen-bond donors (Lipinski definition) is 0. The SMILES string of the molecule is CC(Cc1ccsc1)N(C)C(=O)c1cccc(Oc2ccncc2)c1. The van der Waals surface area contributed by atoms with Crippen molar-refractivity contribution >= 4 is 17.2 Å². The lowest BCUT2D eigenvalue weighted by Crippen LogP contribution is -2.36. The Morgan fingerprint density at radius 1 is 1.20 bits per heavy atom. The van der Waals surface area contributed by atoms with Crippen LogP contribution in [0.25, 0.3) is 0 Å². The van der Waals surface area contributed by atoms with Crippen molar-refractivity contribution in [1.82, 2.24) is 9.88 Å². The Labute approximate surface area is 151 Å². The highest BCUT2D eigenvalue weighted by Gasteiger charge is 2.18. The molecular weight excluding hydrogens is 332 g/mol. The van der Waals surface area contributed by atoms with Gasteiger partial charge in [-0.05, 0) is 66.1 Å². The summed E-state index contributed by atoms with van der Waals surface area (Å²) in [4.78, 5) is 18.5. The fourth-order valence-electron chi connectivity index (χ4n) is 2.53. The van der Waals surface area contributed by atoms with Crippen molar-refractivity contribution < 1.29 is 9.53 Å². The maximum atomic E-state index is 12.8. The standard InChI is InChI=1S/C20H20N2O2S/c1-15(12-16-8-11-25-14-16)22(2)20(23)17-4-3-5-19(13-17)24-18-6-9-21-10-7-18/h3-11,13-15H,12H2,1-2H3. The summed E-state index contributed by atoms with van der Waals surface area (Å²) in [5, 5.41) is 4.18. The van der Waals surface area contributed by atoms with Crippen LogP contribution >= 0.6 is 11.3 Å². The van der Waals surface area contributed by atoms with Crippen LogP contribution in [0.4, 0.5) is 0 Å². The molecule has 1 atom stereocenters. The van der Waals surface area contributed by atoms with Crippen molar-refractivity contribution in [1.29, 1.82) is 0 Å². The molecule has 5 heteroatoms. The number of hydrogen-bond acceptors (Lipinski definition) is 4. The Morgan fingerprint density at radius 2 is 2.00 bits per heavy atom. The molecule has 2 aromatic heterocycles. The number of carbonyl (C=O) groups excluding carboxylic acids is 1. The van der Waals surface area contributed by atoms with Gasteiger partial charge in [-0.3, -0.25) is 9.78 Å². The number of pyridine rings is 1. The van der Waals surface area contributed by atoms with Gasteiger partial charge in [-0.2, -0.15) is 11.3 Å².